The Labute approximate surface area is 96.2 Å². The van der Waals surface area contributed by atoms with Crippen LogP contribution in [0.4, 0.5) is 0 Å². The predicted molar refractivity (Wildman–Crippen MR) is 62.6 cm³/mol. The molecule has 3 nitrogen and oxygen atoms in total. The second-order valence-corrected chi connectivity index (χ2v) is 4.66. The molecule has 0 bridgehead atoms. The molecule has 1 fully saturated rings. The van der Waals surface area contributed by atoms with E-state index in [-0.39, 0.29) is 18.0 Å². The first-order chi connectivity index (χ1) is 7.54. The lowest BCUT2D eigenvalue weighted by Crippen LogP contribution is -2.07. The Morgan fingerprint density at radius 1 is 1.44 bits per heavy atom. The van der Waals surface area contributed by atoms with Gasteiger partial charge in [-0.1, -0.05) is 6.92 Å². The maximum Gasteiger partial charge on any atom is 0.315 e. The Bertz CT molecular complexity index is 420. The van der Waals surface area contributed by atoms with Crippen LogP contribution in [0.1, 0.15) is 48.7 Å². The molecule has 0 saturated carbocycles. The minimum Gasteiger partial charge on any atom is -0.462 e. The minimum absolute atomic E-state index is 0.0468. The molecule has 88 valence electrons. The summed E-state index contributed by atoms with van der Waals surface area (Å²) in [5, 5.41) is 0. The van der Waals surface area contributed by atoms with Crippen LogP contribution in [-0.2, 0) is 16.0 Å². The number of aryl methyl sites for hydroxylation is 1. The van der Waals surface area contributed by atoms with Crippen molar-refractivity contribution in [3.8, 4) is 0 Å². The fraction of sp³-hybridized carbons (Fsp3) is 0.615. The third-order valence-electron chi connectivity index (χ3n) is 3.50. The van der Waals surface area contributed by atoms with E-state index in [9.17, 15) is 4.79 Å². The van der Waals surface area contributed by atoms with Crippen molar-refractivity contribution in [1.29, 1.82) is 0 Å². The SMILES string of the molecule is CCc1c(C)[nH]c(C2CC(C)OC2=O)c1C. The molecule has 2 unspecified atom stereocenters. The van der Waals surface area contributed by atoms with E-state index in [0.717, 1.165) is 18.5 Å². The van der Waals surface area contributed by atoms with Crippen molar-refractivity contribution in [3.63, 3.8) is 0 Å². The van der Waals surface area contributed by atoms with E-state index in [1.165, 1.54) is 16.8 Å². The molecule has 0 radical (unpaired) electrons. The lowest BCUT2D eigenvalue weighted by Gasteiger charge is -2.05. The van der Waals surface area contributed by atoms with E-state index < -0.39 is 0 Å². The third kappa shape index (κ3) is 1.64. The molecule has 1 aliphatic heterocycles. The van der Waals surface area contributed by atoms with E-state index in [2.05, 4.69) is 25.8 Å². The molecule has 1 aliphatic rings. The lowest BCUT2D eigenvalue weighted by molar-refractivity contribution is -0.142. The van der Waals surface area contributed by atoms with Crippen LogP contribution < -0.4 is 0 Å². The van der Waals surface area contributed by atoms with E-state index in [0.29, 0.717) is 0 Å². The average molecular weight is 221 g/mol. The molecule has 1 N–H and O–H groups in total. The Balaban J connectivity index is 2.38. The van der Waals surface area contributed by atoms with Crippen molar-refractivity contribution < 1.29 is 9.53 Å². The van der Waals surface area contributed by atoms with Crippen LogP contribution in [-0.4, -0.2) is 17.1 Å². The number of aromatic amines is 1. The lowest BCUT2D eigenvalue weighted by atomic mass is 9.97. The minimum atomic E-state index is -0.0889. The number of cyclic esters (lactones) is 1. The van der Waals surface area contributed by atoms with Crippen molar-refractivity contribution in [1.82, 2.24) is 4.98 Å². The summed E-state index contributed by atoms with van der Waals surface area (Å²) in [4.78, 5) is 15.1. The fourth-order valence-electron chi connectivity index (χ4n) is 2.69. The Morgan fingerprint density at radius 3 is 2.56 bits per heavy atom. The number of hydrogen-bond acceptors (Lipinski definition) is 2. The van der Waals surface area contributed by atoms with Crippen molar-refractivity contribution in [2.75, 3.05) is 0 Å². The van der Waals surface area contributed by atoms with Gasteiger partial charge in [0.2, 0.25) is 0 Å². The zero-order valence-electron chi connectivity index (χ0n) is 10.4. The highest BCUT2D eigenvalue weighted by molar-refractivity contribution is 5.80. The predicted octanol–water partition coefficient (Wildman–Crippen LogP) is 2.61. The normalized spacial score (nSPS) is 24.9. The first-order valence-corrected chi connectivity index (χ1v) is 5.93. The van der Waals surface area contributed by atoms with Gasteiger partial charge in [0.1, 0.15) is 12.0 Å². The zero-order chi connectivity index (χ0) is 11.9. The number of esters is 1. The van der Waals surface area contributed by atoms with Gasteiger partial charge in [-0.25, -0.2) is 0 Å². The molecular weight excluding hydrogens is 202 g/mol. The number of H-pyrrole nitrogens is 1. The number of aromatic nitrogens is 1. The fourth-order valence-corrected chi connectivity index (χ4v) is 2.69. The van der Waals surface area contributed by atoms with Gasteiger partial charge in [-0.05, 0) is 38.3 Å². The summed E-state index contributed by atoms with van der Waals surface area (Å²) in [5.41, 5.74) is 4.81. The molecule has 16 heavy (non-hydrogen) atoms. The molecule has 2 atom stereocenters. The van der Waals surface area contributed by atoms with Gasteiger partial charge in [-0.15, -0.1) is 0 Å². The Morgan fingerprint density at radius 2 is 2.12 bits per heavy atom. The topological polar surface area (TPSA) is 42.1 Å². The van der Waals surface area contributed by atoms with Gasteiger partial charge in [-0.2, -0.15) is 0 Å². The van der Waals surface area contributed by atoms with Crippen LogP contribution >= 0.6 is 0 Å². The number of hydrogen-bond donors (Lipinski definition) is 1. The van der Waals surface area contributed by atoms with Crippen molar-refractivity contribution >= 4 is 5.97 Å². The number of ether oxygens (including phenoxy) is 1. The summed E-state index contributed by atoms with van der Waals surface area (Å²) in [7, 11) is 0. The first kappa shape index (κ1) is 11.2. The molecule has 0 aromatic carbocycles. The molecular formula is C13H19NO2. The van der Waals surface area contributed by atoms with Crippen molar-refractivity contribution in [2.24, 2.45) is 0 Å². The van der Waals surface area contributed by atoms with Crippen LogP contribution in [0.25, 0.3) is 0 Å². The summed E-state index contributed by atoms with van der Waals surface area (Å²) in [6, 6.07) is 0. The summed E-state index contributed by atoms with van der Waals surface area (Å²) in [6.07, 6.45) is 1.85. The highest BCUT2D eigenvalue weighted by Gasteiger charge is 2.35. The van der Waals surface area contributed by atoms with Gasteiger partial charge < -0.3 is 9.72 Å². The summed E-state index contributed by atoms with van der Waals surface area (Å²) in [5.74, 6) is -0.173. The maximum atomic E-state index is 11.7. The van der Waals surface area contributed by atoms with E-state index in [1.807, 2.05) is 6.92 Å². The zero-order valence-corrected chi connectivity index (χ0v) is 10.4. The van der Waals surface area contributed by atoms with Crippen molar-refractivity contribution in [3.05, 3.63) is 22.5 Å². The van der Waals surface area contributed by atoms with Crippen LogP contribution in [0.5, 0.6) is 0 Å². The molecule has 0 aliphatic carbocycles. The van der Waals surface area contributed by atoms with Gasteiger partial charge in [0, 0.05) is 17.8 Å². The Hall–Kier alpha value is -1.25. The van der Waals surface area contributed by atoms with Gasteiger partial charge >= 0.3 is 5.97 Å². The number of nitrogens with one attached hydrogen (secondary N) is 1. The molecule has 1 aromatic heterocycles. The smallest absolute Gasteiger partial charge is 0.315 e. The number of carbonyl (C=O) groups excluding carboxylic acids is 1. The molecule has 0 spiro atoms. The summed E-state index contributed by atoms with van der Waals surface area (Å²) < 4.78 is 5.21. The highest BCUT2D eigenvalue weighted by Crippen LogP contribution is 2.33. The monoisotopic (exact) mass is 221 g/mol. The van der Waals surface area contributed by atoms with Gasteiger partial charge in [0.25, 0.3) is 0 Å². The summed E-state index contributed by atoms with van der Waals surface area (Å²) >= 11 is 0. The number of rotatable bonds is 2. The van der Waals surface area contributed by atoms with Crippen LogP contribution in [0.15, 0.2) is 0 Å². The molecule has 1 saturated heterocycles. The quantitative estimate of drug-likeness (QED) is 0.780. The van der Waals surface area contributed by atoms with Crippen LogP contribution in [0.3, 0.4) is 0 Å². The molecule has 3 heteroatoms. The van der Waals surface area contributed by atoms with E-state index >= 15 is 0 Å². The van der Waals surface area contributed by atoms with E-state index in [1.54, 1.807) is 0 Å². The Kier molecular flexibility index (Phi) is 2.78. The molecule has 0 amide bonds. The largest absolute Gasteiger partial charge is 0.462 e. The molecule has 2 rings (SSSR count). The highest BCUT2D eigenvalue weighted by atomic mass is 16.5. The van der Waals surface area contributed by atoms with Gasteiger partial charge in [0.05, 0.1) is 0 Å². The van der Waals surface area contributed by atoms with Gasteiger partial charge in [0.15, 0.2) is 0 Å². The summed E-state index contributed by atoms with van der Waals surface area (Å²) in [6.45, 7) is 8.25. The second kappa shape index (κ2) is 3.96. The third-order valence-corrected chi connectivity index (χ3v) is 3.50. The maximum absolute atomic E-state index is 11.7. The molecule has 2 heterocycles. The van der Waals surface area contributed by atoms with Crippen molar-refractivity contribution in [2.45, 2.75) is 52.6 Å². The first-order valence-electron chi connectivity index (χ1n) is 5.93. The van der Waals surface area contributed by atoms with Gasteiger partial charge in [-0.3, -0.25) is 4.79 Å². The number of carbonyl (C=O) groups is 1. The second-order valence-electron chi connectivity index (χ2n) is 4.66. The van der Waals surface area contributed by atoms with E-state index in [4.69, 9.17) is 4.74 Å². The standard InChI is InChI=1S/C13H19NO2/c1-5-10-8(3)12(14-9(10)4)11-6-7(2)16-13(11)15/h7,11,14H,5-6H2,1-4H3. The van der Waals surface area contributed by atoms with Crippen LogP contribution in [0.2, 0.25) is 0 Å². The van der Waals surface area contributed by atoms with Crippen LogP contribution in [0, 0.1) is 13.8 Å². The average Bonchev–Trinajstić information content (AvgIpc) is 2.67. The molecule has 1 aromatic rings.